The second-order valence-electron chi connectivity index (χ2n) is 5.38. The van der Waals surface area contributed by atoms with E-state index in [0.29, 0.717) is 0 Å². The molecule has 1 rings (SSSR count). The Balaban J connectivity index is 2.68. The Morgan fingerprint density at radius 1 is 1.05 bits per heavy atom. The van der Waals surface area contributed by atoms with E-state index in [2.05, 4.69) is 26.5 Å². The molecular formula is C16H26O3SSi. The predicted octanol–water partition coefficient (Wildman–Crippen LogP) is 4.30. The molecule has 0 unspecified atom stereocenters. The summed E-state index contributed by atoms with van der Waals surface area (Å²) in [5.74, 6) is 0. The largest absolute Gasteiger partial charge is 0.297 e. The van der Waals surface area contributed by atoms with E-state index >= 15 is 0 Å². The smallest absolute Gasteiger partial charge is 0.262 e. The van der Waals surface area contributed by atoms with Gasteiger partial charge >= 0.3 is 0 Å². The van der Waals surface area contributed by atoms with Crippen LogP contribution < -0.4 is 0 Å². The van der Waals surface area contributed by atoms with E-state index in [1.165, 1.54) is 18.1 Å². The molecule has 3 nitrogen and oxygen atoms in total. The summed E-state index contributed by atoms with van der Waals surface area (Å²) in [6.45, 7) is 8.68. The molecule has 21 heavy (non-hydrogen) atoms. The van der Waals surface area contributed by atoms with Gasteiger partial charge in [0.1, 0.15) is 0 Å². The Bertz CT molecular complexity index is 549. The van der Waals surface area contributed by atoms with Gasteiger partial charge in [-0.3, -0.25) is 4.18 Å². The molecule has 1 aromatic rings. The van der Waals surface area contributed by atoms with E-state index in [1.54, 1.807) is 24.3 Å². The standard InChI is InChI=1S/C16H26O3SSi/c1-5-21(6-2,7-3)14-8-13-19-20(17,18)16-11-9-15(4)10-12-16/h8-12,14H,5-7,13H2,1-4H3/b14-8+. The highest BCUT2D eigenvalue weighted by molar-refractivity contribution is 7.86. The van der Waals surface area contributed by atoms with Crippen LogP contribution in [0.15, 0.2) is 40.9 Å². The first-order valence-electron chi connectivity index (χ1n) is 7.53. The van der Waals surface area contributed by atoms with Gasteiger partial charge < -0.3 is 0 Å². The normalized spacial score (nSPS) is 13.0. The Morgan fingerprint density at radius 3 is 2.05 bits per heavy atom. The first-order valence-corrected chi connectivity index (χ1v) is 11.6. The van der Waals surface area contributed by atoms with Gasteiger partial charge in [-0.15, -0.1) is 0 Å². The lowest BCUT2D eigenvalue weighted by Crippen LogP contribution is -2.28. The molecule has 1 aromatic carbocycles. The number of hydrogen-bond acceptors (Lipinski definition) is 3. The zero-order valence-electron chi connectivity index (χ0n) is 13.4. The van der Waals surface area contributed by atoms with Crippen LogP contribution in [0.1, 0.15) is 26.3 Å². The van der Waals surface area contributed by atoms with Crippen molar-refractivity contribution in [3.05, 3.63) is 41.6 Å². The van der Waals surface area contributed by atoms with Crippen molar-refractivity contribution in [2.45, 2.75) is 50.7 Å². The molecule has 0 aliphatic rings. The SMILES string of the molecule is CC[Si](/C=C/COS(=O)(=O)c1ccc(C)cc1)(CC)CC. The third-order valence-electron chi connectivity index (χ3n) is 4.21. The van der Waals surface area contributed by atoms with E-state index in [4.69, 9.17) is 4.18 Å². The van der Waals surface area contributed by atoms with Gasteiger partial charge in [-0.05, 0) is 19.1 Å². The zero-order chi connectivity index (χ0) is 15.9. The summed E-state index contributed by atoms with van der Waals surface area (Å²) in [6.07, 6.45) is 1.88. The lowest BCUT2D eigenvalue weighted by molar-refractivity contribution is 0.357. The van der Waals surface area contributed by atoms with Crippen LogP contribution >= 0.6 is 0 Å². The highest BCUT2D eigenvalue weighted by atomic mass is 32.2. The molecule has 0 spiro atoms. The van der Waals surface area contributed by atoms with E-state index in [9.17, 15) is 8.42 Å². The van der Waals surface area contributed by atoms with Crippen LogP contribution in [0.4, 0.5) is 0 Å². The fraction of sp³-hybridized carbons (Fsp3) is 0.500. The molecule has 0 aliphatic heterocycles. The monoisotopic (exact) mass is 326 g/mol. The fourth-order valence-electron chi connectivity index (χ4n) is 2.30. The molecule has 0 heterocycles. The van der Waals surface area contributed by atoms with Crippen molar-refractivity contribution in [1.82, 2.24) is 0 Å². The van der Waals surface area contributed by atoms with E-state index in [1.807, 2.05) is 13.0 Å². The van der Waals surface area contributed by atoms with Crippen molar-refractivity contribution in [3.8, 4) is 0 Å². The van der Waals surface area contributed by atoms with Crippen molar-refractivity contribution in [3.63, 3.8) is 0 Å². The molecule has 5 heteroatoms. The fourth-order valence-corrected chi connectivity index (χ4v) is 5.97. The lowest BCUT2D eigenvalue weighted by Gasteiger charge is -2.23. The summed E-state index contributed by atoms with van der Waals surface area (Å²) in [5, 5.41) is 0. The van der Waals surface area contributed by atoms with Crippen molar-refractivity contribution < 1.29 is 12.6 Å². The Hall–Kier alpha value is -0.913. The van der Waals surface area contributed by atoms with Gasteiger partial charge in [0.05, 0.1) is 19.6 Å². The van der Waals surface area contributed by atoms with Gasteiger partial charge in [0.15, 0.2) is 0 Å². The molecule has 0 atom stereocenters. The summed E-state index contributed by atoms with van der Waals surface area (Å²) in [5.41, 5.74) is 3.26. The molecule has 0 fully saturated rings. The maximum Gasteiger partial charge on any atom is 0.297 e. The summed E-state index contributed by atoms with van der Waals surface area (Å²) < 4.78 is 29.2. The van der Waals surface area contributed by atoms with Gasteiger partial charge in [0.25, 0.3) is 10.1 Å². The Labute approximate surface area is 130 Å². The van der Waals surface area contributed by atoms with Gasteiger partial charge in [-0.2, -0.15) is 8.42 Å². The van der Waals surface area contributed by atoms with Gasteiger partial charge in [-0.1, -0.05) is 68.4 Å². The number of benzene rings is 1. The quantitative estimate of drug-likeness (QED) is 0.528. The molecule has 0 saturated heterocycles. The van der Waals surface area contributed by atoms with Crippen molar-refractivity contribution >= 4 is 18.2 Å². The van der Waals surface area contributed by atoms with E-state index in [-0.39, 0.29) is 11.5 Å². The second-order valence-corrected chi connectivity index (χ2v) is 12.2. The lowest BCUT2D eigenvalue weighted by atomic mass is 10.2. The molecular weight excluding hydrogens is 300 g/mol. The van der Waals surface area contributed by atoms with Crippen LogP contribution in [-0.4, -0.2) is 23.1 Å². The highest BCUT2D eigenvalue weighted by Gasteiger charge is 2.22. The minimum absolute atomic E-state index is 0.116. The summed E-state index contributed by atoms with van der Waals surface area (Å²) >= 11 is 0. The van der Waals surface area contributed by atoms with Crippen LogP contribution in [0.2, 0.25) is 18.1 Å². The summed E-state index contributed by atoms with van der Waals surface area (Å²) in [7, 11) is -5.01. The van der Waals surface area contributed by atoms with Crippen molar-refractivity contribution in [2.24, 2.45) is 0 Å². The van der Waals surface area contributed by atoms with E-state index in [0.717, 1.165) is 5.56 Å². The van der Waals surface area contributed by atoms with Crippen LogP contribution in [0.5, 0.6) is 0 Å². The van der Waals surface area contributed by atoms with Crippen molar-refractivity contribution in [1.29, 1.82) is 0 Å². The van der Waals surface area contributed by atoms with Crippen LogP contribution in [-0.2, 0) is 14.3 Å². The summed E-state index contributed by atoms with van der Waals surface area (Å²) in [4.78, 5) is 0.214. The third kappa shape index (κ3) is 5.09. The molecule has 0 aromatic heterocycles. The van der Waals surface area contributed by atoms with Crippen molar-refractivity contribution in [2.75, 3.05) is 6.61 Å². The molecule has 0 N–H and O–H groups in total. The molecule has 118 valence electrons. The molecule has 0 bridgehead atoms. The molecule has 0 saturated carbocycles. The average Bonchev–Trinajstić information content (AvgIpc) is 2.49. The maximum absolute atomic E-state index is 12.0. The first kappa shape index (κ1) is 18.1. The number of aryl methyl sites for hydroxylation is 1. The topological polar surface area (TPSA) is 43.4 Å². The average molecular weight is 327 g/mol. The Kier molecular flexibility index (Phi) is 6.84. The maximum atomic E-state index is 12.0. The Morgan fingerprint density at radius 2 is 1.57 bits per heavy atom. The zero-order valence-corrected chi connectivity index (χ0v) is 15.2. The summed E-state index contributed by atoms with van der Waals surface area (Å²) in [6, 6.07) is 10.3. The van der Waals surface area contributed by atoms with E-state index < -0.39 is 18.2 Å². The van der Waals surface area contributed by atoms with Gasteiger partial charge in [0, 0.05) is 0 Å². The minimum atomic E-state index is -3.65. The van der Waals surface area contributed by atoms with Crippen LogP contribution in [0.3, 0.4) is 0 Å². The molecule has 0 amide bonds. The number of hydrogen-bond donors (Lipinski definition) is 0. The predicted molar refractivity (Wildman–Crippen MR) is 90.7 cm³/mol. The highest BCUT2D eigenvalue weighted by Crippen LogP contribution is 2.21. The van der Waals surface area contributed by atoms with Crippen LogP contribution in [0.25, 0.3) is 0 Å². The first-order chi connectivity index (χ1) is 9.89. The van der Waals surface area contributed by atoms with Gasteiger partial charge in [0.2, 0.25) is 0 Å². The number of rotatable bonds is 8. The molecule has 0 radical (unpaired) electrons. The van der Waals surface area contributed by atoms with Gasteiger partial charge in [-0.25, -0.2) is 0 Å². The second kappa shape index (κ2) is 7.92. The molecule has 0 aliphatic carbocycles. The minimum Gasteiger partial charge on any atom is -0.262 e. The third-order valence-corrected chi connectivity index (χ3v) is 10.7. The van der Waals surface area contributed by atoms with Crippen LogP contribution in [0, 0.1) is 6.92 Å².